The van der Waals surface area contributed by atoms with Crippen LogP contribution in [0.25, 0.3) is 0 Å². The molecule has 0 aliphatic heterocycles. The van der Waals surface area contributed by atoms with Gasteiger partial charge in [0, 0.05) is 10.5 Å². The van der Waals surface area contributed by atoms with E-state index >= 15 is 0 Å². The maximum atomic E-state index is 3.69. The molecule has 1 N–H and O–H groups in total. The fourth-order valence-electron chi connectivity index (χ4n) is 2.56. The highest BCUT2D eigenvalue weighted by Gasteiger charge is 2.30. The van der Waals surface area contributed by atoms with Gasteiger partial charge in [0.1, 0.15) is 0 Å². The molecule has 2 rings (SSSR count). The lowest BCUT2D eigenvalue weighted by Gasteiger charge is -2.37. The van der Waals surface area contributed by atoms with Crippen molar-refractivity contribution in [1.82, 2.24) is 5.32 Å². The third-order valence-electron chi connectivity index (χ3n) is 3.69. The van der Waals surface area contributed by atoms with Gasteiger partial charge in [-0.3, -0.25) is 0 Å². The minimum atomic E-state index is 0.728. The van der Waals surface area contributed by atoms with E-state index in [1.165, 1.54) is 28.6 Å². The molecular formula is C15H22BrNS. The summed E-state index contributed by atoms with van der Waals surface area (Å²) >= 11 is 5.59. The lowest BCUT2D eigenvalue weighted by atomic mass is 9.76. The standard InChI is InChI=1S/C15H22BrNS/c1-11(10-18-2)9-17-13-7-12(8-13)14-5-3-4-6-15(14)16/h3-6,11-13,17H,7-10H2,1-2H3. The van der Waals surface area contributed by atoms with Crippen LogP contribution < -0.4 is 5.32 Å². The van der Waals surface area contributed by atoms with Crippen molar-refractivity contribution >= 4 is 27.7 Å². The van der Waals surface area contributed by atoms with Crippen LogP contribution in [0.4, 0.5) is 0 Å². The van der Waals surface area contributed by atoms with Crippen LogP contribution in [0.3, 0.4) is 0 Å². The molecule has 1 atom stereocenters. The first-order chi connectivity index (χ1) is 8.70. The summed E-state index contributed by atoms with van der Waals surface area (Å²) in [4.78, 5) is 0. The van der Waals surface area contributed by atoms with Crippen LogP contribution in [0, 0.1) is 5.92 Å². The Hall–Kier alpha value is 0.01000. The molecule has 1 aromatic carbocycles. The zero-order valence-corrected chi connectivity index (χ0v) is 13.6. The maximum Gasteiger partial charge on any atom is 0.0210 e. The van der Waals surface area contributed by atoms with Gasteiger partial charge in [0.25, 0.3) is 0 Å². The molecule has 0 radical (unpaired) electrons. The lowest BCUT2D eigenvalue weighted by molar-refractivity contribution is 0.282. The molecule has 1 nitrogen and oxygen atoms in total. The SMILES string of the molecule is CSCC(C)CNC1CC(c2ccccc2Br)C1. The summed E-state index contributed by atoms with van der Waals surface area (Å²) in [6.45, 7) is 3.49. The van der Waals surface area contributed by atoms with E-state index in [1.54, 1.807) is 0 Å². The summed E-state index contributed by atoms with van der Waals surface area (Å²) in [5.74, 6) is 2.78. The van der Waals surface area contributed by atoms with E-state index in [1.807, 2.05) is 11.8 Å². The summed E-state index contributed by atoms with van der Waals surface area (Å²) in [6.07, 6.45) is 4.76. The van der Waals surface area contributed by atoms with Gasteiger partial charge in [-0.25, -0.2) is 0 Å². The van der Waals surface area contributed by atoms with E-state index in [9.17, 15) is 0 Å². The average molecular weight is 328 g/mol. The van der Waals surface area contributed by atoms with Gasteiger partial charge < -0.3 is 5.32 Å². The third kappa shape index (κ3) is 3.75. The first-order valence-corrected chi connectivity index (χ1v) is 8.86. The number of nitrogens with one attached hydrogen (secondary N) is 1. The minimum absolute atomic E-state index is 0.728. The monoisotopic (exact) mass is 327 g/mol. The van der Waals surface area contributed by atoms with Gasteiger partial charge in [-0.2, -0.15) is 11.8 Å². The van der Waals surface area contributed by atoms with Crippen LogP contribution in [0.5, 0.6) is 0 Å². The Bertz CT molecular complexity index is 377. The molecule has 0 spiro atoms. The molecule has 18 heavy (non-hydrogen) atoms. The van der Waals surface area contributed by atoms with Gasteiger partial charge in [-0.1, -0.05) is 41.1 Å². The van der Waals surface area contributed by atoms with Crippen molar-refractivity contribution in [3.8, 4) is 0 Å². The first-order valence-electron chi connectivity index (χ1n) is 6.67. The fourth-order valence-corrected chi connectivity index (χ4v) is 3.85. The van der Waals surface area contributed by atoms with Gasteiger partial charge >= 0.3 is 0 Å². The molecule has 1 fully saturated rings. The third-order valence-corrected chi connectivity index (χ3v) is 5.31. The van der Waals surface area contributed by atoms with Crippen molar-refractivity contribution in [2.45, 2.75) is 31.7 Å². The summed E-state index contributed by atoms with van der Waals surface area (Å²) in [5.41, 5.74) is 1.48. The topological polar surface area (TPSA) is 12.0 Å². The molecule has 0 bridgehead atoms. The highest BCUT2D eigenvalue weighted by Crippen LogP contribution is 2.39. The Morgan fingerprint density at radius 1 is 1.39 bits per heavy atom. The largest absolute Gasteiger partial charge is 0.314 e. The van der Waals surface area contributed by atoms with E-state index in [2.05, 4.69) is 58.7 Å². The van der Waals surface area contributed by atoms with Crippen LogP contribution in [0.1, 0.15) is 31.2 Å². The Balaban J connectivity index is 1.73. The zero-order chi connectivity index (χ0) is 13.0. The smallest absolute Gasteiger partial charge is 0.0210 e. The van der Waals surface area contributed by atoms with Crippen molar-refractivity contribution in [2.24, 2.45) is 5.92 Å². The first kappa shape index (κ1) is 14.4. The van der Waals surface area contributed by atoms with Crippen LogP contribution >= 0.6 is 27.7 Å². The molecule has 0 heterocycles. The van der Waals surface area contributed by atoms with Gasteiger partial charge in [-0.15, -0.1) is 0 Å². The maximum absolute atomic E-state index is 3.69. The summed E-state index contributed by atoms with van der Waals surface area (Å²) in [5, 5.41) is 3.69. The number of thioether (sulfide) groups is 1. The lowest BCUT2D eigenvalue weighted by Crippen LogP contribution is -2.42. The second-order valence-electron chi connectivity index (χ2n) is 5.36. The average Bonchev–Trinajstić information content (AvgIpc) is 2.29. The Morgan fingerprint density at radius 3 is 2.78 bits per heavy atom. The van der Waals surface area contributed by atoms with Gasteiger partial charge in [0.15, 0.2) is 0 Å². The summed E-state index contributed by atoms with van der Waals surface area (Å²) in [6, 6.07) is 9.36. The highest BCUT2D eigenvalue weighted by molar-refractivity contribution is 9.10. The van der Waals surface area contributed by atoms with Gasteiger partial charge in [0.2, 0.25) is 0 Å². The van der Waals surface area contributed by atoms with Gasteiger partial charge in [0.05, 0.1) is 0 Å². The molecule has 0 saturated heterocycles. The predicted octanol–water partition coefficient (Wildman–Crippen LogP) is 4.28. The molecule has 3 heteroatoms. The molecule has 1 aliphatic carbocycles. The summed E-state index contributed by atoms with van der Waals surface area (Å²) < 4.78 is 1.27. The van der Waals surface area contributed by atoms with E-state index in [0.29, 0.717) is 0 Å². The van der Waals surface area contributed by atoms with Crippen molar-refractivity contribution in [3.05, 3.63) is 34.3 Å². The van der Waals surface area contributed by atoms with E-state index < -0.39 is 0 Å². The summed E-state index contributed by atoms with van der Waals surface area (Å²) in [7, 11) is 0. The Labute approximate surface area is 123 Å². The second-order valence-corrected chi connectivity index (χ2v) is 7.12. The number of halogens is 1. The number of hydrogen-bond donors (Lipinski definition) is 1. The van der Waals surface area contributed by atoms with E-state index in [4.69, 9.17) is 0 Å². The molecule has 1 aliphatic rings. The zero-order valence-electron chi connectivity index (χ0n) is 11.2. The molecular weight excluding hydrogens is 306 g/mol. The molecule has 1 saturated carbocycles. The highest BCUT2D eigenvalue weighted by atomic mass is 79.9. The fraction of sp³-hybridized carbons (Fsp3) is 0.600. The number of benzene rings is 1. The predicted molar refractivity (Wildman–Crippen MR) is 85.5 cm³/mol. The molecule has 100 valence electrons. The van der Waals surface area contributed by atoms with Crippen LogP contribution in [0.2, 0.25) is 0 Å². The van der Waals surface area contributed by atoms with E-state index in [-0.39, 0.29) is 0 Å². The molecule has 1 aromatic rings. The molecule has 0 amide bonds. The van der Waals surface area contributed by atoms with E-state index in [0.717, 1.165) is 24.4 Å². The molecule has 0 aromatic heterocycles. The second kappa shape index (κ2) is 6.97. The van der Waals surface area contributed by atoms with Crippen LogP contribution in [-0.4, -0.2) is 24.6 Å². The minimum Gasteiger partial charge on any atom is -0.314 e. The normalized spacial score (nSPS) is 24.6. The number of rotatable bonds is 6. The van der Waals surface area contributed by atoms with Crippen molar-refractivity contribution in [1.29, 1.82) is 0 Å². The van der Waals surface area contributed by atoms with Crippen molar-refractivity contribution in [2.75, 3.05) is 18.6 Å². The quantitative estimate of drug-likeness (QED) is 0.836. The van der Waals surface area contributed by atoms with Crippen molar-refractivity contribution in [3.63, 3.8) is 0 Å². The van der Waals surface area contributed by atoms with Crippen LogP contribution in [0.15, 0.2) is 28.7 Å². The Kier molecular flexibility index (Phi) is 5.58. The van der Waals surface area contributed by atoms with Crippen LogP contribution in [-0.2, 0) is 0 Å². The Morgan fingerprint density at radius 2 is 2.11 bits per heavy atom. The number of hydrogen-bond acceptors (Lipinski definition) is 2. The van der Waals surface area contributed by atoms with Crippen molar-refractivity contribution < 1.29 is 0 Å². The van der Waals surface area contributed by atoms with Gasteiger partial charge in [-0.05, 0) is 54.9 Å². The molecule has 1 unspecified atom stereocenters.